The molecular formula is C11H18N2. The monoisotopic (exact) mass is 178 g/mol. The van der Waals surface area contributed by atoms with Crippen molar-refractivity contribution in [3.63, 3.8) is 0 Å². The smallest absolute Gasteiger partial charge is 0.0362 e. The van der Waals surface area contributed by atoms with Crippen LogP contribution in [0.4, 0.5) is 5.69 Å². The van der Waals surface area contributed by atoms with Crippen molar-refractivity contribution in [2.75, 3.05) is 5.73 Å². The Balaban J connectivity index is 3.05. The van der Waals surface area contributed by atoms with Crippen molar-refractivity contribution in [1.29, 1.82) is 0 Å². The number of nitrogens with two attached hydrogens (primary N) is 2. The molecule has 4 N–H and O–H groups in total. The van der Waals surface area contributed by atoms with Gasteiger partial charge in [-0.05, 0) is 24.5 Å². The van der Waals surface area contributed by atoms with Crippen molar-refractivity contribution in [3.05, 3.63) is 29.3 Å². The molecule has 13 heavy (non-hydrogen) atoms. The number of anilines is 1. The van der Waals surface area contributed by atoms with E-state index in [1.54, 1.807) is 0 Å². The number of hydrogen-bond donors (Lipinski definition) is 2. The van der Waals surface area contributed by atoms with Crippen LogP contribution in [-0.2, 0) is 0 Å². The second-order valence-electron chi connectivity index (χ2n) is 3.90. The average molecular weight is 178 g/mol. The van der Waals surface area contributed by atoms with E-state index in [0.29, 0.717) is 5.92 Å². The molecule has 1 aromatic rings. The maximum atomic E-state index is 6.03. The van der Waals surface area contributed by atoms with Crippen LogP contribution in [0.2, 0.25) is 0 Å². The van der Waals surface area contributed by atoms with Crippen molar-refractivity contribution in [2.24, 2.45) is 11.7 Å². The minimum absolute atomic E-state index is 0.0416. The summed E-state index contributed by atoms with van der Waals surface area (Å²) in [6.45, 7) is 6.26. The van der Waals surface area contributed by atoms with Gasteiger partial charge in [-0.1, -0.05) is 31.5 Å². The van der Waals surface area contributed by atoms with Gasteiger partial charge < -0.3 is 11.5 Å². The van der Waals surface area contributed by atoms with E-state index < -0.39 is 0 Å². The van der Waals surface area contributed by atoms with Gasteiger partial charge in [-0.25, -0.2) is 0 Å². The molecule has 0 aliphatic carbocycles. The molecule has 1 aromatic carbocycles. The highest BCUT2D eigenvalue weighted by molar-refractivity contribution is 5.50. The van der Waals surface area contributed by atoms with Crippen LogP contribution in [0.15, 0.2) is 18.2 Å². The third kappa shape index (κ3) is 2.22. The summed E-state index contributed by atoms with van der Waals surface area (Å²) in [6, 6.07) is 6.04. The predicted molar refractivity (Wildman–Crippen MR) is 57.4 cm³/mol. The molecule has 0 aromatic heterocycles. The number of nitrogen functional groups attached to an aromatic ring is 1. The Labute approximate surface area is 79.9 Å². The Morgan fingerprint density at radius 1 is 1.23 bits per heavy atom. The van der Waals surface area contributed by atoms with Crippen molar-refractivity contribution in [1.82, 2.24) is 0 Å². The highest BCUT2D eigenvalue weighted by Crippen LogP contribution is 2.25. The Bertz CT molecular complexity index is 292. The Morgan fingerprint density at radius 2 is 1.85 bits per heavy atom. The van der Waals surface area contributed by atoms with Crippen molar-refractivity contribution in [2.45, 2.75) is 26.8 Å². The lowest BCUT2D eigenvalue weighted by Gasteiger charge is -2.18. The first-order valence-electron chi connectivity index (χ1n) is 4.64. The van der Waals surface area contributed by atoms with E-state index in [2.05, 4.69) is 26.8 Å². The molecule has 0 bridgehead atoms. The summed E-state index contributed by atoms with van der Waals surface area (Å²) in [4.78, 5) is 0. The third-order valence-electron chi connectivity index (χ3n) is 2.32. The standard InChI is InChI=1S/C11H18N2/c1-7(2)11(13)9-6-8(3)4-5-10(9)12/h4-7,11H,12-13H2,1-3H3. The van der Waals surface area contributed by atoms with Gasteiger partial charge in [-0.3, -0.25) is 0 Å². The number of aryl methyl sites for hydroxylation is 1. The summed E-state index contributed by atoms with van der Waals surface area (Å²) in [7, 11) is 0. The lowest BCUT2D eigenvalue weighted by atomic mass is 9.94. The summed E-state index contributed by atoms with van der Waals surface area (Å²) >= 11 is 0. The van der Waals surface area contributed by atoms with E-state index in [4.69, 9.17) is 11.5 Å². The van der Waals surface area contributed by atoms with Gasteiger partial charge in [0.25, 0.3) is 0 Å². The van der Waals surface area contributed by atoms with Crippen LogP contribution in [0, 0.1) is 12.8 Å². The SMILES string of the molecule is Cc1ccc(N)c(C(N)C(C)C)c1. The zero-order valence-corrected chi connectivity index (χ0v) is 8.54. The zero-order chi connectivity index (χ0) is 10.0. The molecule has 0 radical (unpaired) electrons. The molecule has 0 saturated heterocycles. The molecule has 1 rings (SSSR count). The minimum Gasteiger partial charge on any atom is -0.398 e. The van der Waals surface area contributed by atoms with Crippen LogP contribution in [-0.4, -0.2) is 0 Å². The minimum atomic E-state index is 0.0416. The summed E-state index contributed by atoms with van der Waals surface area (Å²) in [5.74, 6) is 0.420. The molecule has 2 nitrogen and oxygen atoms in total. The van der Waals surface area contributed by atoms with Crippen LogP contribution >= 0.6 is 0 Å². The van der Waals surface area contributed by atoms with Crippen LogP contribution in [0.1, 0.15) is 31.0 Å². The highest BCUT2D eigenvalue weighted by Gasteiger charge is 2.12. The summed E-state index contributed by atoms with van der Waals surface area (Å²) in [6.07, 6.45) is 0. The molecule has 0 amide bonds. The molecule has 0 saturated carbocycles. The largest absolute Gasteiger partial charge is 0.398 e. The second kappa shape index (κ2) is 3.79. The Hall–Kier alpha value is -1.02. The van der Waals surface area contributed by atoms with Gasteiger partial charge in [0, 0.05) is 11.7 Å². The first kappa shape index (κ1) is 10.1. The molecule has 1 atom stereocenters. The molecule has 0 aliphatic heterocycles. The lowest BCUT2D eigenvalue weighted by Crippen LogP contribution is -2.18. The second-order valence-corrected chi connectivity index (χ2v) is 3.90. The topological polar surface area (TPSA) is 52.0 Å². The van der Waals surface area contributed by atoms with Crippen LogP contribution in [0.25, 0.3) is 0 Å². The van der Waals surface area contributed by atoms with Crippen molar-refractivity contribution >= 4 is 5.69 Å². The fraction of sp³-hybridized carbons (Fsp3) is 0.455. The first-order chi connectivity index (χ1) is 6.02. The normalized spacial score (nSPS) is 13.3. The van der Waals surface area contributed by atoms with Crippen LogP contribution < -0.4 is 11.5 Å². The summed E-state index contributed by atoms with van der Waals surface area (Å²) in [5.41, 5.74) is 14.9. The predicted octanol–water partition coefficient (Wildman–Crippen LogP) is 2.23. The lowest BCUT2D eigenvalue weighted by molar-refractivity contribution is 0.515. The molecule has 72 valence electrons. The highest BCUT2D eigenvalue weighted by atomic mass is 14.7. The third-order valence-corrected chi connectivity index (χ3v) is 2.32. The van der Waals surface area contributed by atoms with Gasteiger partial charge >= 0.3 is 0 Å². The van der Waals surface area contributed by atoms with E-state index in [1.165, 1.54) is 5.56 Å². The molecule has 0 heterocycles. The molecule has 1 unspecified atom stereocenters. The van der Waals surface area contributed by atoms with Crippen molar-refractivity contribution < 1.29 is 0 Å². The van der Waals surface area contributed by atoms with Crippen LogP contribution in [0.3, 0.4) is 0 Å². The van der Waals surface area contributed by atoms with Gasteiger partial charge in [-0.15, -0.1) is 0 Å². The fourth-order valence-electron chi connectivity index (χ4n) is 1.34. The molecule has 0 spiro atoms. The Kier molecular flexibility index (Phi) is 2.94. The van der Waals surface area contributed by atoms with Gasteiger partial charge in [-0.2, -0.15) is 0 Å². The maximum absolute atomic E-state index is 6.03. The van der Waals surface area contributed by atoms with E-state index in [-0.39, 0.29) is 6.04 Å². The average Bonchev–Trinajstić information content (AvgIpc) is 2.08. The summed E-state index contributed by atoms with van der Waals surface area (Å²) in [5, 5.41) is 0. The van der Waals surface area contributed by atoms with Crippen LogP contribution in [0.5, 0.6) is 0 Å². The fourth-order valence-corrected chi connectivity index (χ4v) is 1.34. The zero-order valence-electron chi connectivity index (χ0n) is 8.54. The summed E-state index contributed by atoms with van der Waals surface area (Å²) < 4.78 is 0. The molecule has 0 aliphatic rings. The first-order valence-corrected chi connectivity index (χ1v) is 4.64. The van der Waals surface area contributed by atoms with Gasteiger partial charge in [0.1, 0.15) is 0 Å². The molecular weight excluding hydrogens is 160 g/mol. The van der Waals surface area contributed by atoms with Gasteiger partial charge in [0.15, 0.2) is 0 Å². The van der Waals surface area contributed by atoms with E-state index >= 15 is 0 Å². The maximum Gasteiger partial charge on any atom is 0.0362 e. The molecule has 2 heteroatoms. The van der Waals surface area contributed by atoms with Gasteiger partial charge in [0.2, 0.25) is 0 Å². The van der Waals surface area contributed by atoms with E-state index in [0.717, 1.165) is 11.3 Å². The Morgan fingerprint density at radius 3 is 2.38 bits per heavy atom. The molecule has 0 fully saturated rings. The number of rotatable bonds is 2. The quantitative estimate of drug-likeness (QED) is 0.682. The number of benzene rings is 1. The number of hydrogen-bond acceptors (Lipinski definition) is 2. The van der Waals surface area contributed by atoms with Crippen molar-refractivity contribution in [3.8, 4) is 0 Å². The van der Waals surface area contributed by atoms with E-state index in [9.17, 15) is 0 Å². The van der Waals surface area contributed by atoms with E-state index in [1.807, 2.05) is 12.1 Å². The van der Waals surface area contributed by atoms with Gasteiger partial charge in [0.05, 0.1) is 0 Å².